The summed E-state index contributed by atoms with van der Waals surface area (Å²) in [5, 5.41) is 2.82. The monoisotopic (exact) mass is 589 g/mol. The van der Waals surface area contributed by atoms with Gasteiger partial charge in [-0.1, -0.05) is 27.7 Å². The number of nitrogens with one attached hydrogen (secondary N) is 1. The molecule has 0 atom stereocenters. The van der Waals surface area contributed by atoms with Crippen LogP contribution in [0.25, 0.3) is 0 Å². The largest absolute Gasteiger partial charge is 2.00 e. The van der Waals surface area contributed by atoms with Gasteiger partial charge in [0, 0.05) is 19.6 Å². The molecule has 0 fully saturated rings. The average molecular weight is 589 g/mol. The molecular formula is C21H43NO6W. The molecule has 7 nitrogen and oxygen atoms in total. The third-order valence-corrected chi connectivity index (χ3v) is 2.98. The zero-order valence-corrected chi connectivity index (χ0v) is 22.1. The molecule has 0 aliphatic heterocycles. The molecule has 1 N–H and O–H groups in total. The topological polar surface area (TPSA) is 83.1 Å². The van der Waals surface area contributed by atoms with Gasteiger partial charge in [0.25, 0.3) is 0 Å². The van der Waals surface area contributed by atoms with E-state index in [2.05, 4.69) is 26.1 Å². The summed E-state index contributed by atoms with van der Waals surface area (Å²) in [6, 6.07) is 0. The van der Waals surface area contributed by atoms with Crippen LogP contribution in [0.3, 0.4) is 0 Å². The van der Waals surface area contributed by atoms with Crippen molar-refractivity contribution in [1.82, 2.24) is 5.32 Å². The van der Waals surface area contributed by atoms with Crippen molar-refractivity contribution < 1.29 is 49.6 Å². The predicted octanol–water partition coefficient (Wildman–Crippen LogP) is 2.97. The second-order valence-corrected chi connectivity index (χ2v) is 5.63. The molecule has 0 unspecified atom stereocenters. The van der Waals surface area contributed by atoms with E-state index >= 15 is 0 Å². The van der Waals surface area contributed by atoms with Crippen molar-refractivity contribution in [3.8, 4) is 0 Å². The van der Waals surface area contributed by atoms with Gasteiger partial charge in [-0.05, 0) is 12.3 Å². The van der Waals surface area contributed by atoms with Crippen molar-refractivity contribution in [3.05, 3.63) is 6.92 Å². The van der Waals surface area contributed by atoms with Crippen molar-refractivity contribution in [3.63, 3.8) is 0 Å². The maximum absolute atomic E-state index is 11.5. The summed E-state index contributed by atoms with van der Waals surface area (Å²) in [6.07, 6.45) is 3.53. The minimum absolute atomic E-state index is 0. The number of hydrogen-bond donors (Lipinski definition) is 1. The quantitative estimate of drug-likeness (QED) is 0.196. The molecule has 0 aromatic rings. The first kappa shape index (κ1) is 36.1. The molecule has 0 rings (SSSR count). The summed E-state index contributed by atoms with van der Waals surface area (Å²) in [5.41, 5.74) is 0. The van der Waals surface area contributed by atoms with Crippen LogP contribution in [-0.4, -0.2) is 71.6 Å². The fourth-order valence-corrected chi connectivity index (χ4v) is 1.65. The molecule has 0 saturated carbocycles. The van der Waals surface area contributed by atoms with E-state index in [1.54, 1.807) is 13.2 Å². The third-order valence-electron chi connectivity index (χ3n) is 2.98. The summed E-state index contributed by atoms with van der Waals surface area (Å²) < 4.78 is 21.1. The molecule has 0 heterocycles. The van der Waals surface area contributed by atoms with Crippen LogP contribution in [0.2, 0.25) is 0 Å². The first-order valence-electron chi connectivity index (χ1n) is 10.3. The maximum Gasteiger partial charge on any atom is 2.00 e. The second-order valence-electron chi connectivity index (χ2n) is 5.63. The summed E-state index contributed by atoms with van der Waals surface area (Å²) in [6.45, 7) is 17.5. The molecule has 0 aliphatic rings. The van der Waals surface area contributed by atoms with Gasteiger partial charge in [-0.3, -0.25) is 11.1 Å². The molecule has 29 heavy (non-hydrogen) atoms. The van der Waals surface area contributed by atoms with Gasteiger partial charge in [-0.25, -0.2) is 0 Å². The van der Waals surface area contributed by atoms with Gasteiger partial charge in [0.1, 0.15) is 0 Å². The first-order valence-corrected chi connectivity index (χ1v) is 10.3. The van der Waals surface area contributed by atoms with E-state index in [0.717, 1.165) is 6.42 Å². The number of ether oxygens (including phenoxy) is 4. The second kappa shape index (κ2) is 35.1. The van der Waals surface area contributed by atoms with Crippen LogP contribution in [0.15, 0.2) is 0 Å². The minimum Gasteiger partial charge on any atom is -0.542 e. The van der Waals surface area contributed by atoms with Gasteiger partial charge < -0.3 is 36.0 Å². The maximum atomic E-state index is 11.5. The Bertz CT molecular complexity index is 307. The van der Waals surface area contributed by atoms with Gasteiger partial charge in [-0.15, -0.1) is 6.42 Å². The van der Waals surface area contributed by atoms with Crippen LogP contribution >= 0.6 is 0 Å². The molecule has 8 heteroatoms. The van der Waals surface area contributed by atoms with Crippen LogP contribution in [0.5, 0.6) is 0 Å². The zero-order chi connectivity index (χ0) is 21.9. The fourth-order valence-electron chi connectivity index (χ4n) is 1.65. The Kier molecular flexibility index (Phi) is 43.7. The Balaban J connectivity index is -0.000000584. The summed E-state index contributed by atoms with van der Waals surface area (Å²) in [5.74, 6) is 0.621. The summed E-state index contributed by atoms with van der Waals surface area (Å²) >= 11 is 0. The third kappa shape index (κ3) is 38.8. The van der Waals surface area contributed by atoms with Crippen molar-refractivity contribution in [2.45, 2.75) is 53.9 Å². The number of carbonyl (C=O) groups excluding carboxylic acids is 2. The molecule has 0 bridgehead atoms. The molecule has 0 aromatic carbocycles. The molecule has 0 spiro atoms. The molecule has 1 amide bonds. The Morgan fingerprint density at radius 2 is 1.28 bits per heavy atom. The Morgan fingerprint density at radius 1 is 0.862 bits per heavy atom. The molecule has 174 valence electrons. The van der Waals surface area contributed by atoms with Crippen LogP contribution in [-0.2, 0) is 49.6 Å². The van der Waals surface area contributed by atoms with Crippen molar-refractivity contribution >= 4 is 12.2 Å². The summed E-state index contributed by atoms with van der Waals surface area (Å²) in [4.78, 5) is 21.4. The normalized spacial score (nSPS) is 9.48. The standard InChI is InChI=1S/C17H32NO6.C2H6.C2H5.W/c1-16(2)4-5-17(20)18-6-9-22-11-13-24-15-14-23-12-10-21-8-3-7-19;2*1-2;/h16H,3-6,8-15H2,1-2H3,(H,18,20);1-2H3;1H2,2H3;/q-1;;-1;+2. The van der Waals surface area contributed by atoms with Crippen molar-refractivity contribution in [1.29, 1.82) is 0 Å². The van der Waals surface area contributed by atoms with Gasteiger partial charge in [0.2, 0.25) is 5.91 Å². The Morgan fingerprint density at radius 3 is 1.69 bits per heavy atom. The molecule has 0 radical (unpaired) electrons. The van der Waals surface area contributed by atoms with E-state index in [4.69, 9.17) is 18.9 Å². The first-order chi connectivity index (χ1) is 13.7. The average Bonchev–Trinajstić information content (AvgIpc) is 2.72. The van der Waals surface area contributed by atoms with E-state index in [9.17, 15) is 9.59 Å². The predicted molar refractivity (Wildman–Crippen MR) is 113 cm³/mol. The van der Waals surface area contributed by atoms with E-state index < -0.39 is 0 Å². The number of carbonyl (C=O) groups is 1. The zero-order valence-electron chi connectivity index (χ0n) is 19.1. The van der Waals surface area contributed by atoms with Crippen LogP contribution in [0.4, 0.5) is 0 Å². The number of amides is 1. The van der Waals surface area contributed by atoms with Crippen LogP contribution in [0.1, 0.15) is 53.9 Å². The van der Waals surface area contributed by atoms with Crippen molar-refractivity contribution in [2.75, 3.05) is 59.4 Å². The van der Waals surface area contributed by atoms with Gasteiger partial charge >= 0.3 is 21.1 Å². The van der Waals surface area contributed by atoms with E-state index in [1.807, 2.05) is 13.8 Å². The van der Waals surface area contributed by atoms with Crippen LogP contribution in [0, 0.1) is 12.8 Å². The van der Waals surface area contributed by atoms with E-state index in [0.29, 0.717) is 78.2 Å². The SMILES string of the molecule is CC.CC(C)CCC(=O)NCCOCCOCCOCCOCC[C-]=O.[CH2-]C.[W+2]. The molecule has 0 aromatic heterocycles. The number of rotatable bonds is 18. The van der Waals surface area contributed by atoms with Gasteiger partial charge in [0.15, 0.2) is 0 Å². The van der Waals surface area contributed by atoms with Crippen LogP contribution < -0.4 is 5.32 Å². The van der Waals surface area contributed by atoms with Gasteiger partial charge in [-0.2, -0.15) is 6.92 Å². The summed E-state index contributed by atoms with van der Waals surface area (Å²) in [7, 11) is 0. The van der Waals surface area contributed by atoms with E-state index in [-0.39, 0.29) is 27.0 Å². The minimum atomic E-state index is 0. The molecule has 0 saturated heterocycles. The number of hydrogen-bond acceptors (Lipinski definition) is 6. The molecule has 0 aliphatic carbocycles. The van der Waals surface area contributed by atoms with Gasteiger partial charge in [0.05, 0.1) is 46.2 Å². The fraction of sp³-hybridized carbons (Fsp3) is 0.857. The van der Waals surface area contributed by atoms with E-state index in [1.165, 1.54) is 0 Å². The molecular weight excluding hydrogens is 546 g/mol. The Labute approximate surface area is 193 Å². The smallest absolute Gasteiger partial charge is 0.542 e. The Hall–Kier alpha value is -0.332. The van der Waals surface area contributed by atoms with Crippen molar-refractivity contribution in [2.24, 2.45) is 5.92 Å².